The van der Waals surface area contributed by atoms with Gasteiger partial charge in [-0.15, -0.1) is 0 Å². The maximum absolute atomic E-state index is 5.53. The Bertz CT molecular complexity index is 319. The third kappa shape index (κ3) is 2.76. The third-order valence-electron chi connectivity index (χ3n) is 1.97. The molecule has 0 saturated heterocycles. The molecule has 0 amide bonds. The summed E-state index contributed by atoms with van der Waals surface area (Å²) in [7, 11) is 0. The zero-order valence-corrected chi connectivity index (χ0v) is 8.96. The van der Waals surface area contributed by atoms with E-state index in [2.05, 4.69) is 37.7 Å². The minimum absolute atomic E-state index is 0.0308. The molecule has 3 heteroatoms. The highest BCUT2D eigenvalue weighted by molar-refractivity contribution is 5.47. The molecule has 0 aliphatic rings. The first-order chi connectivity index (χ1) is 6.39. The molecule has 1 aromatic rings. The predicted molar refractivity (Wildman–Crippen MR) is 60.9 cm³/mol. The lowest BCUT2D eigenvalue weighted by Crippen LogP contribution is -2.16. The van der Waals surface area contributed by atoms with Gasteiger partial charge in [0, 0.05) is 11.1 Å². The smallest absolute Gasteiger partial charge is 0.130 e. The van der Waals surface area contributed by atoms with Gasteiger partial charge in [0.1, 0.15) is 5.82 Å². The Morgan fingerprint density at radius 1 is 1.43 bits per heavy atom. The van der Waals surface area contributed by atoms with Gasteiger partial charge in [-0.1, -0.05) is 27.4 Å². The Morgan fingerprint density at radius 3 is 2.50 bits per heavy atom. The number of nitrogen functional groups attached to an aromatic ring is 1. The van der Waals surface area contributed by atoms with Crippen molar-refractivity contribution in [2.45, 2.75) is 20.8 Å². The first kappa shape index (κ1) is 10.6. The van der Waals surface area contributed by atoms with Crippen LogP contribution < -0.4 is 11.1 Å². The average molecular weight is 191 g/mol. The van der Waals surface area contributed by atoms with Crippen LogP contribution in [0.5, 0.6) is 0 Å². The van der Waals surface area contributed by atoms with Crippen molar-refractivity contribution in [2.75, 3.05) is 11.1 Å². The Labute approximate surface area is 85.0 Å². The number of nitrogens with two attached hydrogens (primary N) is 1. The van der Waals surface area contributed by atoms with Crippen LogP contribution in [0.25, 0.3) is 0 Å². The SMILES string of the molecule is C=C(Nc1ccc(N)cn1)C(C)(C)C. The second kappa shape index (κ2) is 3.70. The van der Waals surface area contributed by atoms with E-state index in [4.69, 9.17) is 5.73 Å². The standard InChI is InChI=1S/C11H17N3/c1-8(11(2,3)4)14-10-6-5-9(12)7-13-10/h5-7H,1,12H2,2-4H3,(H,13,14). The van der Waals surface area contributed by atoms with Crippen LogP contribution in [0.15, 0.2) is 30.6 Å². The summed E-state index contributed by atoms with van der Waals surface area (Å²) >= 11 is 0. The van der Waals surface area contributed by atoms with Crippen molar-refractivity contribution in [3.8, 4) is 0 Å². The van der Waals surface area contributed by atoms with Crippen LogP contribution in [0.2, 0.25) is 0 Å². The summed E-state index contributed by atoms with van der Waals surface area (Å²) < 4.78 is 0. The molecule has 1 heterocycles. The summed E-state index contributed by atoms with van der Waals surface area (Å²) in [5.74, 6) is 0.777. The largest absolute Gasteiger partial charge is 0.397 e. The summed E-state index contributed by atoms with van der Waals surface area (Å²) in [6.07, 6.45) is 1.62. The molecule has 1 rings (SSSR count). The van der Waals surface area contributed by atoms with Crippen molar-refractivity contribution in [1.82, 2.24) is 4.98 Å². The van der Waals surface area contributed by atoms with Gasteiger partial charge in [0.15, 0.2) is 0 Å². The van der Waals surface area contributed by atoms with Crippen LogP contribution in [0, 0.1) is 5.41 Å². The molecule has 0 aliphatic carbocycles. The van der Waals surface area contributed by atoms with E-state index >= 15 is 0 Å². The van der Waals surface area contributed by atoms with Crippen molar-refractivity contribution in [2.24, 2.45) is 5.41 Å². The third-order valence-corrected chi connectivity index (χ3v) is 1.97. The number of pyridine rings is 1. The van der Waals surface area contributed by atoms with Crippen LogP contribution in [0.1, 0.15) is 20.8 Å². The number of anilines is 2. The second-order valence-electron chi connectivity index (χ2n) is 4.33. The van der Waals surface area contributed by atoms with Gasteiger partial charge in [0.2, 0.25) is 0 Å². The summed E-state index contributed by atoms with van der Waals surface area (Å²) in [5.41, 5.74) is 7.16. The fraction of sp³-hybridized carbons (Fsp3) is 0.364. The predicted octanol–water partition coefficient (Wildman–Crippen LogP) is 2.64. The molecule has 76 valence electrons. The number of aromatic nitrogens is 1. The first-order valence-electron chi connectivity index (χ1n) is 4.57. The van der Waals surface area contributed by atoms with Gasteiger partial charge in [-0.2, -0.15) is 0 Å². The van der Waals surface area contributed by atoms with Crippen LogP contribution in [-0.2, 0) is 0 Å². The van der Waals surface area contributed by atoms with E-state index in [0.29, 0.717) is 5.69 Å². The molecule has 0 fully saturated rings. The van der Waals surface area contributed by atoms with Crippen LogP contribution in [-0.4, -0.2) is 4.98 Å². The van der Waals surface area contributed by atoms with Crippen molar-refractivity contribution in [3.05, 3.63) is 30.6 Å². The zero-order chi connectivity index (χ0) is 10.8. The number of hydrogen-bond donors (Lipinski definition) is 2. The van der Waals surface area contributed by atoms with E-state index < -0.39 is 0 Å². The second-order valence-corrected chi connectivity index (χ2v) is 4.33. The number of nitrogens with zero attached hydrogens (tertiary/aromatic N) is 1. The normalized spacial score (nSPS) is 11.1. The number of nitrogens with one attached hydrogen (secondary N) is 1. The van der Waals surface area contributed by atoms with E-state index in [-0.39, 0.29) is 5.41 Å². The highest BCUT2D eigenvalue weighted by atomic mass is 15.0. The molecule has 0 bridgehead atoms. The molecule has 14 heavy (non-hydrogen) atoms. The Kier molecular flexibility index (Phi) is 2.79. The van der Waals surface area contributed by atoms with Crippen molar-refractivity contribution >= 4 is 11.5 Å². The van der Waals surface area contributed by atoms with Crippen molar-refractivity contribution < 1.29 is 0 Å². The van der Waals surface area contributed by atoms with Crippen molar-refractivity contribution in [1.29, 1.82) is 0 Å². The van der Waals surface area contributed by atoms with E-state index in [1.807, 2.05) is 12.1 Å². The lowest BCUT2D eigenvalue weighted by molar-refractivity contribution is 0.509. The molecule has 3 nitrogen and oxygen atoms in total. The molecule has 1 aromatic heterocycles. The summed E-state index contributed by atoms with van der Waals surface area (Å²) in [6, 6.07) is 3.65. The molecule has 0 spiro atoms. The molecular weight excluding hydrogens is 174 g/mol. The highest BCUT2D eigenvalue weighted by Crippen LogP contribution is 2.24. The molecule has 0 radical (unpaired) electrons. The Balaban J connectivity index is 2.71. The molecule has 0 atom stereocenters. The number of rotatable bonds is 2. The maximum atomic E-state index is 5.53. The first-order valence-corrected chi connectivity index (χ1v) is 4.57. The minimum atomic E-state index is 0.0308. The van der Waals surface area contributed by atoms with E-state index in [9.17, 15) is 0 Å². The van der Waals surface area contributed by atoms with Gasteiger partial charge in [-0.25, -0.2) is 4.98 Å². The van der Waals surface area contributed by atoms with E-state index in [1.54, 1.807) is 6.20 Å². The highest BCUT2D eigenvalue weighted by Gasteiger charge is 2.14. The Morgan fingerprint density at radius 2 is 2.07 bits per heavy atom. The summed E-state index contributed by atoms with van der Waals surface area (Å²) in [4.78, 5) is 4.13. The molecule has 0 saturated carbocycles. The van der Waals surface area contributed by atoms with Gasteiger partial charge in [0.05, 0.1) is 11.9 Å². The van der Waals surface area contributed by atoms with Gasteiger partial charge in [-0.05, 0) is 12.1 Å². The fourth-order valence-corrected chi connectivity index (χ4v) is 0.821. The van der Waals surface area contributed by atoms with E-state index in [1.165, 1.54) is 0 Å². The number of allylic oxidation sites excluding steroid dienone is 1. The van der Waals surface area contributed by atoms with Gasteiger partial charge in [0.25, 0.3) is 0 Å². The minimum Gasteiger partial charge on any atom is -0.397 e. The van der Waals surface area contributed by atoms with Crippen LogP contribution >= 0.6 is 0 Å². The van der Waals surface area contributed by atoms with Gasteiger partial charge < -0.3 is 11.1 Å². The molecule has 0 unspecified atom stereocenters. The van der Waals surface area contributed by atoms with Gasteiger partial charge >= 0.3 is 0 Å². The van der Waals surface area contributed by atoms with Crippen LogP contribution in [0.3, 0.4) is 0 Å². The average Bonchev–Trinajstić information content (AvgIpc) is 2.07. The van der Waals surface area contributed by atoms with Crippen molar-refractivity contribution in [3.63, 3.8) is 0 Å². The lowest BCUT2D eigenvalue weighted by Gasteiger charge is -2.22. The quantitative estimate of drug-likeness (QED) is 0.755. The van der Waals surface area contributed by atoms with Crippen LogP contribution in [0.4, 0.5) is 11.5 Å². The zero-order valence-electron chi connectivity index (χ0n) is 8.96. The summed E-state index contributed by atoms with van der Waals surface area (Å²) in [5, 5.41) is 3.15. The Hall–Kier alpha value is -1.51. The molecule has 0 aromatic carbocycles. The topological polar surface area (TPSA) is 50.9 Å². The fourth-order valence-electron chi connectivity index (χ4n) is 0.821. The monoisotopic (exact) mass is 191 g/mol. The van der Waals surface area contributed by atoms with Gasteiger partial charge in [-0.3, -0.25) is 0 Å². The molecule has 0 aliphatic heterocycles. The maximum Gasteiger partial charge on any atom is 0.130 e. The van der Waals surface area contributed by atoms with E-state index in [0.717, 1.165) is 11.5 Å². The summed E-state index contributed by atoms with van der Waals surface area (Å²) in [6.45, 7) is 10.3. The molecular formula is C11H17N3. The number of hydrogen-bond acceptors (Lipinski definition) is 3. The lowest BCUT2D eigenvalue weighted by atomic mass is 9.93. The molecule has 3 N–H and O–H groups in total.